The van der Waals surface area contributed by atoms with Gasteiger partial charge in [0.2, 0.25) is 10.0 Å². The van der Waals surface area contributed by atoms with Crippen molar-refractivity contribution >= 4 is 15.9 Å². The second kappa shape index (κ2) is 6.93. The minimum Gasteiger partial charge on any atom is -0.338 e. The third kappa shape index (κ3) is 4.05. The summed E-state index contributed by atoms with van der Waals surface area (Å²) in [6.45, 7) is 1.72. The highest BCUT2D eigenvalue weighted by molar-refractivity contribution is 7.89. The number of carbonyl (C=O) groups excluding carboxylic acids is 1. The number of amides is 1. The SMILES string of the molecule is NS(=O)(=O)c1ccc(F)c(C(=O)N2CCC[C@H](Cn3ccnc3)C2)c1. The van der Waals surface area contributed by atoms with Crippen LogP contribution in [0.25, 0.3) is 0 Å². The number of carbonyl (C=O) groups is 1. The molecule has 0 saturated carbocycles. The van der Waals surface area contributed by atoms with Crippen LogP contribution in [0.5, 0.6) is 0 Å². The fraction of sp³-hybridized carbons (Fsp3) is 0.375. The van der Waals surface area contributed by atoms with Crippen LogP contribution < -0.4 is 5.14 Å². The number of benzene rings is 1. The molecule has 1 aliphatic rings. The molecule has 3 rings (SSSR count). The van der Waals surface area contributed by atoms with Crippen LogP contribution in [0.4, 0.5) is 4.39 Å². The highest BCUT2D eigenvalue weighted by atomic mass is 32.2. The summed E-state index contributed by atoms with van der Waals surface area (Å²) in [6, 6.07) is 3.02. The van der Waals surface area contributed by atoms with Crippen molar-refractivity contribution in [3.8, 4) is 0 Å². The monoisotopic (exact) mass is 366 g/mol. The Morgan fingerprint density at radius 1 is 1.40 bits per heavy atom. The van der Waals surface area contributed by atoms with Crippen molar-refractivity contribution in [2.45, 2.75) is 24.3 Å². The molecule has 0 bridgehead atoms. The summed E-state index contributed by atoms with van der Waals surface area (Å²) in [4.78, 5) is 18.0. The maximum atomic E-state index is 14.1. The van der Waals surface area contributed by atoms with E-state index in [0.29, 0.717) is 13.1 Å². The first-order chi connectivity index (χ1) is 11.8. The van der Waals surface area contributed by atoms with Gasteiger partial charge >= 0.3 is 0 Å². The van der Waals surface area contributed by atoms with Gasteiger partial charge in [-0.05, 0) is 37.0 Å². The van der Waals surface area contributed by atoms with Crippen molar-refractivity contribution in [2.24, 2.45) is 11.1 Å². The van der Waals surface area contributed by atoms with Gasteiger partial charge in [0, 0.05) is 32.0 Å². The van der Waals surface area contributed by atoms with E-state index in [1.54, 1.807) is 17.4 Å². The van der Waals surface area contributed by atoms with Crippen LogP contribution in [0, 0.1) is 11.7 Å². The second-order valence-corrected chi connectivity index (χ2v) is 7.77. The molecule has 1 saturated heterocycles. The molecular formula is C16H19FN4O3S. The minimum absolute atomic E-state index is 0.233. The van der Waals surface area contributed by atoms with E-state index >= 15 is 0 Å². The number of likely N-dealkylation sites (tertiary alicyclic amines) is 1. The fourth-order valence-electron chi connectivity index (χ4n) is 3.11. The van der Waals surface area contributed by atoms with Gasteiger partial charge in [0.05, 0.1) is 16.8 Å². The summed E-state index contributed by atoms with van der Waals surface area (Å²) in [6.07, 6.45) is 7.04. The molecule has 2 N–H and O–H groups in total. The van der Waals surface area contributed by atoms with Gasteiger partial charge in [-0.15, -0.1) is 0 Å². The molecule has 2 aromatic rings. The molecule has 134 valence electrons. The van der Waals surface area contributed by atoms with Crippen LogP contribution in [-0.4, -0.2) is 41.9 Å². The lowest BCUT2D eigenvalue weighted by Gasteiger charge is -2.33. The fourth-order valence-corrected chi connectivity index (χ4v) is 3.65. The Labute approximate surface area is 145 Å². The molecule has 9 heteroatoms. The number of aromatic nitrogens is 2. The molecule has 1 aromatic heterocycles. The summed E-state index contributed by atoms with van der Waals surface area (Å²) >= 11 is 0. The van der Waals surface area contributed by atoms with E-state index in [1.807, 2.05) is 10.8 Å². The van der Waals surface area contributed by atoms with E-state index in [0.717, 1.165) is 37.6 Å². The molecule has 1 aliphatic heterocycles. The van der Waals surface area contributed by atoms with E-state index in [2.05, 4.69) is 4.98 Å². The molecule has 0 aliphatic carbocycles. The zero-order chi connectivity index (χ0) is 18.0. The van der Waals surface area contributed by atoms with Crippen LogP contribution >= 0.6 is 0 Å². The average Bonchev–Trinajstić information content (AvgIpc) is 3.07. The number of hydrogen-bond donors (Lipinski definition) is 1. The van der Waals surface area contributed by atoms with Gasteiger partial charge in [-0.3, -0.25) is 4.79 Å². The van der Waals surface area contributed by atoms with Gasteiger partial charge in [0.1, 0.15) is 5.82 Å². The van der Waals surface area contributed by atoms with Gasteiger partial charge in [-0.1, -0.05) is 0 Å². The summed E-state index contributed by atoms with van der Waals surface area (Å²) in [5, 5.41) is 5.07. The van der Waals surface area contributed by atoms with E-state index < -0.39 is 21.7 Å². The first-order valence-electron chi connectivity index (χ1n) is 7.92. The largest absolute Gasteiger partial charge is 0.338 e. The molecule has 0 unspecified atom stereocenters. The number of rotatable bonds is 4. The Morgan fingerprint density at radius 3 is 2.88 bits per heavy atom. The maximum Gasteiger partial charge on any atom is 0.256 e. The normalized spacial score (nSPS) is 18.3. The van der Waals surface area contributed by atoms with Crippen molar-refractivity contribution in [1.82, 2.24) is 14.5 Å². The molecule has 1 atom stereocenters. The molecule has 0 spiro atoms. The van der Waals surface area contributed by atoms with Crippen molar-refractivity contribution in [1.29, 1.82) is 0 Å². The number of halogens is 1. The van der Waals surface area contributed by atoms with Crippen LogP contribution in [0.15, 0.2) is 41.8 Å². The summed E-state index contributed by atoms with van der Waals surface area (Å²) < 4.78 is 38.9. The molecule has 1 amide bonds. The van der Waals surface area contributed by atoms with Crippen LogP contribution in [0.2, 0.25) is 0 Å². The van der Waals surface area contributed by atoms with Gasteiger partial charge in [0.15, 0.2) is 0 Å². The number of hydrogen-bond acceptors (Lipinski definition) is 4. The lowest BCUT2D eigenvalue weighted by molar-refractivity contribution is 0.0657. The molecule has 2 heterocycles. The third-order valence-electron chi connectivity index (χ3n) is 4.33. The summed E-state index contributed by atoms with van der Waals surface area (Å²) in [5.41, 5.74) is -0.269. The van der Waals surface area contributed by atoms with Crippen LogP contribution in [-0.2, 0) is 16.6 Å². The Bertz CT molecular complexity index is 868. The number of imidazole rings is 1. The van der Waals surface area contributed by atoms with Crippen molar-refractivity contribution in [2.75, 3.05) is 13.1 Å². The number of primary sulfonamides is 1. The highest BCUT2D eigenvalue weighted by Crippen LogP contribution is 2.22. The standard InChI is InChI=1S/C16H19FN4O3S/c17-15-4-3-13(25(18,23)24)8-14(15)16(22)21-6-1-2-12(10-21)9-20-7-5-19-11-20/h3-5,7-8,11-12H,1-2,6,9-10H2,(H2,18,23,24)/t12-/m1/s1. The molecule has 1 aromatic carbocycles. The lowest BCUT2D eigenvalue weighted by Crippen LogP contribution is -2.41. The predicted molar refractivity (Wildman–Crippen MR) is 88.6 cm³/mol. The van der Waals surface area contributed by atoms with E-state index in [1.165, 1.54) is 0 Å². The highest BCUT2D eigenvalue weighted by Gasteiger charge is 2.27. The summed E-state index contributed by atoms with van der Waals surface area (Å²) in [5.74, 6) is -1.04. The van der Waals surface area contributed by atoms with Gasteiger partial charge in [0.25, 0.3) is 5.91 Å². The number of piperidine rings is 1. The summed E-state index contributed by atoms with van der Waals surface area (Å²) in [7, 11) is -4.00. The molecule has 0 radical (unpaired) electrons. The van der Waals surface area contributed by atoms with E-state index in [4.69, 9.17) is 5.14 Å². The van der Waals surface area contributed by atoms with Gasteiger partial charge < -0.3 is 9.47 Å². The number of nitrogens with zero attached hydrogens (tertiary/aromatic N) is 3. The minimum atomic E-state index is -4.00. The van der Waals surface area contributed by atoms with Gasteiger partial charge in [-0.25, -0.2) is 22.9 Å². The molecule has 1 fully saturated rings. The maximum absolute atomic E-state index is 14.1. The smallest absolute Gasteiger partial charge is 0.256 e. The Kier molecular flexibility index (Phi) is 4.87. The third-order valence-corrected chi connectivity index (χ3v) is 5.24. The van der Waals surface area contributed by atoms with Crippen LogP contribution in [0.1, 0.15) is 23.2 Å². The van der Waals surface area contributed by atoms with Crippen molar-refractivity contribution in [3.05, 3.63) is 48.3 Å². The molecule has 25 heavy (non-hydrogen) atoms. The topological polar surface area (TPSA) is 98.3 Å². The Morgan fingerprint density at radius 2 is 2.20 bits per heavy atom. The van der Waals surface area contributed by atoms with Crippen LogP contribution in [0.3, 0.4) is 0 Å². The van der Waals surface area contributed by atoms with E-state index in [-0.39, 0.29) is 16.4 Å². The molecular weight excluding hydrogens is 347 g/mol. The number of nitrogens with two attached hydrogens (primary N) is 1. The van der Waals surface area contributed by atoms with E-state index in [9.17, 15) is 17.6 Å². The number of sulfonamides is 1. The predicted octanol–water partition coefficient (Wildman–Crippen LogP) is 1.22. The lowest BCUT2D eigenvalue weighted by atomic mass is 9.97. The first-order valence-corrected chi connectivity index (χ1v) is 9.46. The second-order valence-electron chi connectivity index (χ2n) is 6.21. The Hall–Kier alpha value is -2.26. The van der Waals surface area contributed by atoms with Crippen molar-refractivity contribution < 1.29 is 17.6 Å². The Balaban J connectivity index is 1.78. The quantitative estimate of drug-likeness (QED) is 0.880. The zero-order valence-corrected chi connectivity index (χ0v) is 14.3. The zero-order valence-electron chi connectivity index (χ0n) is 13.5. The molecule has 7 nitrogen and oxygen atoms in total. The van der Waals surface area contributed by atoms with Gasteiger partial charge in [-0.2, -0.15) is 0 Å². The average molecular weight is 366 g/mol. The van der Waals surface area contributed by atoms with Crippen molar-refractivity contribution in [3.63, 3.8) is 0 Å². The first kappa shape index (κ1) is 17.6.